The highest BCUT2D eigenvalue weighted by atomic mass is 16.5. The second-order valence-electron chi connectivity index (χ2n) is 5.98. The number of piperidine rings is 1. The van der Waals surface area contributed by atoms with Gasteiger partial charge in [0.1, 0.15) is 0 Å². The summed E-state index contributed by atoms with van der Waals surface area (Å²) in [6.07, 6.45) is 3.01. The van der Waals surface area contributed by atoms with Crippen LogP contribution in [0.2, 0.25) is 0 Å². The Kier molecular flexibility index (Phi) is 5.75. The molecule has 0 aromatic heterocycles. The summed E-state index contributed by atoms with van der Waals surface area (Å²) < 4.78 is 5.19. The Bertz CT molecular complexity index is 498. The zero-order valence-corrected chi connectivity index (χ0v) is 12.7. The van der Waals surface area contributed by atoms with Crippen molar-refractivity contribution in [3.63, 3.8) is 0 Å². The monoisotopic (exact) mass is 288 g/mol. The maximum Gasteiger partial charge on any atom is 0.0995 e. The number of likely N-dealkylation sites (tertiary alicyclic amines) is 1. The van der Waals surface area contributed by atoms with Gasteiger partial charge in [-0.3, -0.25) is 4.90 Å². The van der Waals surface area contributed by atoms with Crippen molar-refractivity contribution in [2.45, 2.75) is 25.8 Å². The van der Waals surface area contributed by atoms with Crippen molar-refractivity contribution in [1.82, 2.24) is 4.90 Å². The minimum absolute atomic E-state index is 0.0597. The van der Waals surface area contributed by atoms with Gasteiger partial charge in [-0.2, -0.15) is 5.26 Å². The van der Waals surface area contributed by atoms with Crippen molar-refractivity contribution in [2.24, 2.45) is 5.41 Å². The van der Waals surface area contributed by atoms with Crippen LogP contribution in [0.4, 0.5) is 0 Å². The predicted molar refractivity (Wildman–Crippen MR) is 81.7 cm³/mol. The summed E-state index contributed by atoms with van der Waals surface area (Å²) >= 11 is 0. The Hall–Kier alpha value is -1.41. The lowest BCUT2D eigenvalue weighted by molar-refractivity contribution is 0.00473. The van der Waals surface area contributed by atoms with Crippen LogP contribution in [-0.4, -0.2) is 43.4 Å². The summed E-state index contributed by atoms with van der Waals surface area (Å²) in [7, 11) is 1.70. The maximum absolute atomic E-state index is 9.82. The van der Waals surface area contributed by atoms with E-state index < -0.39 is 0 Å². The molecular formula is C17H24N2O2. The van der Waals surface area contributed by atoms with Gasteiger partial charge in [0.05, 0.1) is 18.2 Å². The van der Waals surface area contributed by atoms with E-state index in [0.717, 1.165) is 50.0 Å². The smallest absolute Gasteiger partial charge is 0.0995 e. The average Bonchev–Trinajstić information content (AvgIpc) is 2.54. The first-order valence-electron chi connectivity index (χ1n) is 7.53. The van der Waals surface area contributed by atoms with Gasteiger partial charge in [0, 0.05) is 32.2 Å². The molecule has 0 radical (unpaired) electrons. The van der Waals surface area contributed by atoms with Crippen LogP contribution in [0, 0.1) is 16.7 Å². The van der Waals surface area contributed by atoms with E-state index in [2.05, 4.69) is 11.0 Å². The maximum atomic E-state index is 9.82. The molecule has 1 aromatic rings. The molecule has 114 valence electrons. The third-order valence-corrected chi connectivity index (χ3v) is 4.44. The number of aliphatic hydroxyl groups excluding tert-OH is 1. The van der Waals surface area contributed by atoms with Crippen molar-refractivity contribution >= 4 is 0 Å². The Balaban J connectivity index is 2.05. The van der Waals surface area contributed by atoms with Crippen LogP contribution in [0.3, 0.4) is 0 Å². The fourth-order valence-corrected chi connectivity index (χ4v) is 3.18. The van der Waals surface area contributed by atoms with Crippen LogP contribution in [0.5, 0.6) is 0 Å². The summed E-state index contributed by atoms with van der Waals surface area (Å²) in [6.45, 7) is 3.55. The fourth-order valence-electron chi connectivity index (χ4n) is 3.18. The molecule has 1 atom stereocenters. The standard InChI is InChI=1S/C17H24N2O2/c1-21-10-8-17(14-20)7-4-9-19(13-17)12-16-6-3-2-5-15(16)11-18/h2-3,5-6,20H,4,7-10,12-14H2,1H3. The second-order valence-corrected chi connectivity index (χ2v) is 5.98. The quantitative estimate of drug-likeness (QED) is 0.871. The van der Waals surface area contributed by atoms with Crippen LogP contribution < -0.4 is 0 Å². The van der Waals surface area contributed by atoms with Crippen LogP contribution in [0.1, 0.15) is 30.4 Å². The Morgan fingerprint density at radius 1 is 1.43 bits per heavy atom. The SMILES string of the molecule is COCCC1(CO)CCCN(Cc2ccccc2C#N)C1. The molecule has 0 aliphatic carbocycles. The highest BCUT2D eigenvalue weighted by Gasteiger charge is 2.34. The Morgan fingerprint density at radius 3 is 2.95 bits per heavy atom. The molecule has 1 aliphatic heterocycles. The largest absolute Gasteiger partial charge is 0.396 e. The minimum atomic E-state index is -0.0597. The molecule has 1 N–H and O–H groups in total. The van der Waals surface area contributed by atoms with Gasteiger partial charge < -0.3 is 9.84 Å². The van der Waals surface area contributed by atoms with Gasteiger partial charge >= 0.3 is 0 Å². The minimum Gasteiger partial charge on any atom is -0.396 e. The highest BCUT2D eigenvalue weighted by molar-refractivity contribution is 5.37. The summed E-state index contributed by atoms with van der Waals surface area (Å²) in [6, 6.07) is 10.0. The predicted octanol–water partition coefficient (Wildman–Crippen LogP) is 2.17. The molecule has 4 nitrogen and oxygen atoms in total. The van der Waals surface area contributed by atoms with Gasteiger partial charge in [0.25, 0.3) is 0 Å². The lowest BCUT2D eigenvalue weighted by Crippen LogP contribution is -2.45. The van der Waals surface area contributed by atoms with Crippen LogP contribution in [-0.2, 0) is 11.3 Å². The van der Waals surface area contributed by atoms with Crippen molar-refractivity contribution < 1.29 is 9.84 Å². The van der Waals surface area contributed by atoms with E-state index in [9.17, 15) is 10.4 Å². The number of nitriles is 1. The van der Waals surface area contributed by atoms with Gasteiger partial charge in [0.2, 0.25) is 0 Å². The van der Waals surface area contributed by atoms with Crippen molar-refractivity contribution in [3.8, 4) is 6.07 Å². The normalized spacial score (nSPS) is 22.9. The molecule has 0 bridgehead atoms. The number of rotatable bonds is 6. The number of hydrogen-bond donors (Lipinski definition) is 1. The Morgan fingerprint density at radius 2 is 2.24 bits per heavy atom. The third kappa shape index (κ3) is 4.04. The van der Waals surface area contributed by atoms with E-state index in [1.54, 1.807) is 7.11 Å². The van der Waals surface area contributed by atoms with Crippen molar-refractivity contribution in [2.75, 3.05) is 33.4 Å². The van der Waals surface area contributed by atoms with Crippen LogP contribution in [0.25, 0.3) is 0 Å². The molecule has 1 fully saturated rings. The van der Waals surface area contributed by atoms with E-state index in [0.29, 0.717) is 6.61 Å². The van der Waals surface area contributed by atoms with E-state index >= 15 is 0 Å². The highest BCUT2D eigenvalue weighted by Crippen LogP contribution is 2.33. The lowest BCUT2D eigenvalue weighted by atomic mass is 9.78. The first kappa shape index (κ1) is 16.0. The molecule has 0 amide bonds. The number of aliphatic hydroxyl groups is 1. The molecule has 1 aromatic carbocycles. The fraction of sp³-hybridized carbons (Fsp3) is 0.588. The number of hydrogen-bond acceptors (Lipinski definition) is 4. The van der Waals surface area contributed by atoms with Gasteiger partial charge in [-0.05, 0) is 37.4 Å². The molecular weight excluding hydrogens is 264 g/mol. The van der Waals surface area contributed by atoms with Crippen LogP contribution >= 0.6 is 0 Å². The first-order chi connectivity index (χ1) is 10.2. The van der Waals surface area contributed by atoms with Gasteiger partial charge in [-0.1, -0.05) is 18.2 Å². The summed E-state index contributed by atoms with van der Waals surface area (Å²) in [4.78, 5) is 2.35. The average molecular weight is 288 g/mol. The van der Waals surface area contributed by atoms with E-state index in [1.807, 2.05) is 24.3 Å². The molecule has 1 saturated heterocycles. The molecule has 4 heteroatoms. The van der Waals surface area contributed by atoms with Gasteiger partial charge in [-0.15, -0.1) is 0 Å². The summed E-state index contributed by atoms with van der Waals surface area (Å²) in [5, 5.41) is 19.0. The molecule has 21 heavy (non-hydrogen) atoms. The van der Waals surface area contributed by atoms with E-state index in [4.69, 9.17) is 4.74 Å². The van der Waals surface area contributed by atoms with E-state index in [-0.39, 0.29) is 12.0 Å². The zero-order chi connectivity index (χ0) is 15.1. The summed E-state index contributed by atoms with van der Waals surface area (Å²) in [5.41, 5.74) is 1.76. The topological polar surface area (TPSA) is 56.5 Å². The number of nitrogens with zero attached hydrogens (tertiary/aromatic N) is 2. The molecule has 2 rings (SSSR count). The first-order valence-corrected chi connectivity index (χ1v) is 7.53. The zero-order valence-electron chi connectivity index (χ0n) is 12.7. The molecule has 1 heterocycles. The summed E-state index contributed by atoms with van der Waals surface area (Å²) in [5.74, 6) is 0. The van der Waals surface area contributed by atoms with E-state index in [1.165, 1.54) is 0 Å². The lowest BCUT2D eigenvalue weighted by Gasteiger charge is -2.42. The molecule has 1 unspecified atom stereocenters. The molecule has 0 spiro atoms. The third-order valence-electron chi connectivity index (χ3n) is 4.44. The molecule has 1 aliphatic rings. The van der Waals surface area contributed by atoms with Crippen molar-refractivity contribution in [1.29, 1.82) is 5.26 Å². The molecule has 0 saturated carbocycles. The number of methoxy groups -OCH3 is 1. The number of ether oxygens (including phenoxy) is 1. The Labute approximate surface area is 127 Å². The number of benzene rings is 1. The van der Waals surface area contributed by atoms with Crippen LogP contribution in [0.15, 0.2) is 24.3 Å². The van der Waals surface area contributed by atoms with Gasteiger partial charge in [0.15, 0.2) is 0 Å². The van der Waals surface area contributed by atoms with Gasteiger partial charge in [-0.25, -0.2) is 0 Å². The second kappa shape index (κ2) is 7.56. The van der Waals surface area contributed by atoms with Crippen molar-refractivity contribution in [3.05, 3.63) is 35.4 Å².